The van der Waals surface area contributed by atoms with Crippen LogP contribution in [-0.2, 0) is 11.2 Å². The molecule has 0 saturated heterocycles. The minimum atomic E-state index is -0.321. The fourth-order valence-electron chi connectivity index (χ4n) is 2.33. The number of nitrogens with zero attached hydrogens (tertiary/aromatic N) is 2. The zero-order chi connectivity index (χ0) is 17.6. The Bertz CT molecular complexity index is 886. The van der Waals surface area contributed by atoms with Gasteiger partial charge in [-0.1, -0.05) is 12.1 Å². The number of amides is 1. The summed E-state index contributed by atoms with van der Waals surface area (Å²) in [6, 6.07) is 17.8. The van der Waals surface area contributed by atoms with Gasteiger partial charge in [0.25, 0.3) is 0 Å². The van der Waals surface area contributed by atoms with Gasteiger partial charge in [0.05, 0.1) is 18.3 Å². The first-order valence-corrected chi connectivity index (χ1v) is 8.69. The van der Waals surface area contributed by atoms with Gasteiger partial charge in [-0.2, -0.15) is 5.10 Å². The molecule has 0 aliphatic rings. The molecule has 0 atom stereocenters. The van der Waals surface area contributed by atoms with Crippen LogP contribution in [0, 0.1) is 9.39 Å². The molecule has 1 aromatic heterocycles. The molecule has 0 aliphatic carbocycles. The van der Waals surface area contributed by atoms with E-state index in [1.165, 1.54) is 12.1 Å². The second-order valence-corrected chi connectivity index (χ2v) is 6.62. The summed E-state index contributed by atoms with van der Waals surface area (Å²) in [4.78, 5) is 11.9. The van der Waals surface area contributed by atoms with Crippen molar-refractivity contribution in [1.29, 1.82) is 0 Å². The van der Waals surface area contributed by atoms with Crippen LogP contribution < -0.4 is 5.43 Å². The second kappa shape index (κ2) is 8.06. The summed E-state index contributed by atoms with van der Waals surface area (Å²) in [6.45, 7) is 0. The number of hydrazone groups is 1. The van der Waals surface area contributed by atoms with E-state index in [2.05, 4.69) is 33.1 Å². The van der Waals surface area contributed by atoms with Crippen molar-refractivity contribution >= 4 is 34.7 Å². The molecule has 6 heteroatoms. The standard InChI is InChI=1S/C19H15FIN3O/c20-15-5-3-14(4-6-15)12-19(25)23-22-13-18-2-1-11-24(18)17-9-7-16(21)8-10-17/h1-11,13H,12H2,(H,23,25)/b22-13+. The number of rotatable bonds is 5. The first-order valence-electron chi connectivity index (χ1n) is 7.61. The number of hydrogen-bond acceptors (Lipinski definition) is 2. The first kappa shape index (κ1) is 17.3. The highest BCUT2D eigenvalue weighted by atomic mass is 127. The first-order chi connectivity index (χ1) is 12.1. The number of carbonyl (C=O) groups excluding carboxylic acids is 1. The monoisotopic (exact) mass is 447 g/mol. The van der Waals surface area contributed by atoms with E-state index in [-0.39, 0.29) is 18.1 Å². The average molecular weight is 447 g/mol. The van der Waals surface area contributed by atoms with Gasteiger partial charge in [-0.25, -0.2) is 9.82 Å². The van der Waals surface area contributed by atoms with Gasteiger partial charge in [0.2, 0.25) is 5.91 Å². The van der Waals surface area contributed by atoms with Crippen LogP contribution in [0.3, 0.4) is 0 Å². The van der Waals surface area contributed by atoms with E-state index in [1.807, 2.05) is 47.2 Å². The van der Waals surface area contributed by atoms with Crippen molar-refractivity contribution in [2.75, 3.05) is 0 Å². The SMILES string of the molecule is O=C(Cc1ccc(F)cc1)N/N=C/c1cccn1-c1ccc(I)cc1. The summed E-state index contributed by atoms with van der Waals surface area (Å²) in [5.74, 6) is -0.575. The van der Waals surface area contributed by atoms with Crippen LogP contribution >= 0.6 is 22.6 Å². The highest BCUT2D eigenvalue weighted by Gasteiger charge is 2.04. The molecule has 126 valence electrons. The molecule has 3 rings (SSSR count). The molecule has 0 bridgehead atoms. The lowest BCUT2D eigenvalue weighted by atomic mass is 10.1. The third-order valence-electron chi connectivity index (χ3n) is 3.55. The second-order valence-electron chi connectivity index (χ2n) is 5.38. The van der Waals surface area contributed by atoms with Crippen molar-refractivity contribution in [2.24, 2.45) is 5.10 Å². The van der Waals surface area contributed by atoms with Crippen molar-refractivity contribution in [3.63, 3.8) is 0 Å². The quantitative estimate of drug-likeness (QED) is 0.360. The van der Waals surface area contributed by atoms with Gasteiger partial charge in [0, 0.05) is 15.5 Å². The van der Waals surface area contributed by atoms with E-state index in [0.29, 0.717) is 0 Å². The Labute approximate surface area is 158 Å². The van der Waals surface area contributed by atoms with Crippen LogP contribution in [0.4, 0.5) is 4.39 Å². The summed E-state index contributed by atoms with van der Waals surface area (Å²) >= 11 is 2.26. The number of benzene rings is 2. The number of carbonyl (C=O) groups is 1. The highest BCUT2D eigenvalue weighted by molar-refractivity contribution is 14.1. The van der Waals surface area contributed by atoms with Gasteiger partial charge in [0.15, 0.2) is 0 Å². The van der Waals surface area contributed by atoms with Gasteiger partial charge in [-0.05, 0) is 76.7 Å². The molecule has 0 saturated carbocycles. The largest absolute Gasteiger partial charge is 0.316 e. The van der Waals surface area contributed by atoms with Crippen LogP contribution in [0.2, 0.25) is 0 Å². The van der Waals surface area contributed by atoms with Crippen LogP contribution in [0.1, 0.15) is 11.3 Å². The molecule has 4 nitrogen and oxygen atoms in total. The lowest BCUT2D eigenvalue weighted by molar-refractivity contribution is -0.120. The van der Waals surface area contributed by atoms with Crippen molar-refractivity contribution in [1.82, 2.24) is 9.99 Å². The Morgan fingerprint density at radius 3 is 2.56 bits per heavy atom. The summed E-state index contributed by atoms with van der Waals surface area (Å²) in [7, 11) is 0. The summed E-state index contributed by atoms with van der Waals surface area (Å²) < 4.78 is 16.0. The maximum Gasteiger partial charge on any atom is 0.244 e. The maximum atomic E-state index is 12.9. The highest BCUT2D eigenvalue weighted by Crippen LogP contribution is 2.13. The van der Waals surface area contributed by atoms with E-state index >= 15 is 0 Å². The van der Waals surface area contributed by atoms with Crippen LogP contribution in [0.15, 0.2) is 72.0 Å². The number of halogens is 2. The van der Waals surface area contributed by atoms with Crippen LogP contribution in [0.25, 0.3) is 5.69 Å². The van der Waals surface area contributed by atoms with Crippen molar-refractivity contribution in [3.05, 3.63) is 87.5 Å². The van der Waals surface area contributed by atoms with E-state index in [1.54, 1.807) is 18.3 Å². The molecule has 3 aromatic rings. The van der Waals surface area contributed by atoms with E-state index in [4.69, 9.17) is 0 Å². The smallest absolute Gasteiger partial charge is 0.244 e. The van der Waals surface area contributed by atoms with Gasteiger partial charge in [-0.15, -0.1) is 0 Å². The van der Waals surface area contributed by atoms with Crippen molar-refractivity contribution < 1.29 is 9.18 Å². The van der Waals surface area contributed by atoms with Crippen LogP contribution in [-0.4, -0.2) is 16.7 Å². The molecule has 0 aliphatic heterocycles. The Balaban J connectivity index is 1.63. The van der Waals surface area contributed by atoms with E-state index in [0.717, 1.165) is 20.5 Å². The average Bonchev–Trinajstić information content (AvgIpc) is 3.06. The normalized spacial score (nSPS) is 11.0. The minimum Gasteiger partial charge on any atom is -0.316 e. The Kier molecular flexibility index (Phi) is 5.60. The fraction of sp³-hybridized carbons (Fsp3) is 0.0526. The number of aromatic nitrogens is 1. The molecule has 0 spiro atoms. The third kappa shape index (κ3) is 4.76. The van der Waals surface area contributed by atoms with Gasteiger partial charge >= 0.3 is 0 Å². The molecular weight excluding hydrogens is 432 g/mol. The summed E-state index contributed by atoms with van der Waals surface area (Å²) in [6.07, 6.45) is 3.68. The molecule has 1 N–H and O–H groups in total. The lowest BCUT2D eigenvalue weighted by Crippen LogP contribution is -2.20. The Morgan fingerprint density at radius 1 is 1.12 bits per heavy atom. The van der Waals surface area contributed by atoms with Gasteiger partial charge in [-0.3, -0.25) is 4.79 Å². The predicted molar refractivity (Wildman–Crippen MR) is 104 cm³/mol. The molecule has 0 unspecified atom stereocenters. The third-order valence-corrected chi connectivity index (χ3v) is 4.27. The van der Waals surface area contributed by atoms with Crippen molar-refractivity contribution in [3.8, 4) is 5.69 Å². The van der Waals surface area contributed by atoms with Gasteiger partial charge < -0.3 is 4.57 Å². The van der Waals surface area contributed by atoms with E-state index < -0.39 is 0 Å². The Morgan fingerprint density at radius 2 is 1.84 bits per heavy atom. The minimum absolute atomic E-state index is 0.149. The Hall–Kier alpha value is -2.48. The number of nitrogens with one attached hydrogen (secondary N) is 1. The molecule has 0 fully saturated rings. The topological polar surface area (TPSA) is 46.4 Å². The lowest BCUT2D eigenvalue weighted by Gasteiger charge is -2.06. The molecule has 2 aromatic carbocycles. The van der Waals surface area contributed by atoms with E-state index in [9.17, 15) is 9.18 Å². The summed E-state index contributed by atoms with van der Waals surface area (Å²) in [5, 5.41) is 4.01. The fourth-order valence-corrected chi connectivity index (χ4v) is 2.69. The zero-order valence-electron chi connectivity index (χ0n) is 13.2. The predicted octanol–water partition coefficient (Wildman–Crippen LogP) is 3.91. The molecular formula is C19H15FIN3O. The van der Waals surface area contributed by atoms with Gasteiger partial charge in [0.1, 0.15) is 5.82 Å². The molecule has 25 heavy (non-hydrogen) atoms. The van der Waals surface area contributed by atoms with Crippen molar-refractivity contribution in [2.45, 2.75) is 6.42 Å². The number of hydrogen-bond donors (Lipinski definition) is 1. The zero-order valence-corrected chi connectivity index (χ0v) is 15.4. The summed E-state index contributed by atoms with van der Waals surface area (Å²) in [5.41, 5.74) is 5.10. The molecule has 0 radical (unpaired) electrons. The maximum absolute atomic E-state index is 12.9. The van der Waals surface area contributed by atoms with Crippen LogP contribution in [0.5, 0.6) is 0 Å². The molecule has 1 amide bonds. The molecule has 1 heterocycles.